The molecule has 1 aliphatic rings. The summed E-state index contributed by atoms with van der Waals surface area (Å²) >= 11 is 0. The van der Waals surface area contributed by atoms with Crippen LogP contribution < -0.4 is 10.6 Å². The van der Waals surface area contributed by atoms with Crippen molar-refractivity contribution in [2.45, 2.75) is 26.3 Å². The molecule has 1 aliphatic heterocycles. The van der Waals surface area contributed by atoms with Gasteiger partial charge in [-0.25, -0.2) is 0 Å². The maximum atomic E-state index is 11.7. The Hall–Kier alpha value is -1.14. The first-order valence-corrected chi connectivity index (χ1v) is 6.53. The van der Waals surface area contributed by atoms with E-state index < -0.39 is 0 Å². The van der Waals surface area contributed by atoms with Crippen molar-refractivity contribution < 1.29 is 14.3 Å². The van der Waals surface area contributed by atoms with Crippen LogP contribution in [0.15, 0.2) is 0 Å². The average Bonchev–Trinajstić information content (AvgIpc) is 2.39. The highest BCUT2D eigenvalue weighted by Gasteiger charge is 2.17. The second kappa shape index (κ2) is 8.05. The maximum absolute atomic E-state index is 11.7. The van der Waals surface area contributed by atoms with Crippen molar-refractivity contribution >= 4 is 11.8 Å². The van der Waals surface area contributed by atoms with E-state index in [0.717, 1.165) is 6.54 Å². The number of morpholine rings is 1. The fraction of sp³-hybridized carbons (Fsp3) is 0.833. The lowest BCUT2D eigenvalue weighted by Gasteiger charge is -2.23. The van der Waals surface area contributed by atoms with Gasteiger partial charge in [0.25, 0.3) is 0 Å². The molecule has 6 heteroatoms. The van der Waals surface area contributed by atoms with Crippen molar-refractivity contribution in [3.05, 3.63) is 0 Å². The van der Waals surface area contributed by atoms with Gasteiger partial charge in [0.15, 0.2) is 0 Å². The highest BCUT2D eigenvalue weighted by molar-refractivity contribution is 5.84. The van der Waals surface area contributed by atoms with E-state index in [1.807, 2.05) is 13.8 Å². The lowest BCUT2D eigenvalue weighted by Crippen LogP contribution is -2.46. The molecule has 1 heterocycles. The van der Waals surface area contributed by atoms with E-state index in [9.17, 15) is 9.59 Å². The van der Waals surface area contributed by atoms with Crippen molar-refractivity contribution in [1.29, 1.82) is 0 Å². The second-order valence-corrected chi connectivity index (χ2v) is 4.27. The minimum atomic E-state index is -0.112. The molecule has 0 aromatic carbocycles. The molecule has 18 heavy (non-hydrogen) atoms. The van der Waals surface area contributed by atoms with Crippen LogP contribution in [0.5, 0.6) is 0 Å². The Bertz CT molecular complexity index is 274. The van der Waals surface area contributed by atoms with Gasteiger partial charge < -0.3 is 20.3 Å². The molecular weight excluding hydrogens is 234 g/mol. The van der Waals surface area contributed by atoms with Crippen LogP contribution in [-0.4, -0.2) is 62.1 Å². The van der Waals surface area contributed by atoms with E-state index in [-0.39, 0.29) is 24.4 Å². The molecule has 104 valence electrons. The van der Waals surface area contributed by atoms with Crippen molar-refractivity contribution in [1.82, 2.24) is 15.5 Å². The Labute approximate surface area is 108 Å². The standard InChI is InChI=1S/C12H23N3O3/c1-3-15(4-2)12(17)8-14-11(16)7-10-9-18-6-5-13-10/h10,13H,3-9H2,1-2H3,(H,14,16). The number of carbonyl (C=O) groups excluding carboxylic acids is 2. The zero-order chi connectivity index (χ0) is 13.4. The minimum absolute atomic E-state index is 0.0406. The quantitative estimate of drug-likeness (QED) is 0.663. The summed E-state index contributed by atoms with van der Waals surface area (Å²) in [5.41, 5.74) is 0. The normalized spacial score (nSPS) is 19.3. The first-order chi connectivity index (χ1) is 8.67. The number of rotatable bonds is 6. The molecule has 0 aromatic rings. The molecule has 1 fully saturated rings. The van der Waals surface area contributed by atoms with Gasteiger partial charge >= 0.3 is 0 Å². The van der Waals surface area contributed by atoms with E-state index in [4.69, 9.17) is 4.74 Å². The fourth-order valence-electron chi connectivity index (χ4n) is 1.91. The smallest absolute Gasteiger partial charge is 0.241 e. The minimum Gasteiger partial charge on any atom is -0.378 e. The van der Waals surface area contributed by atoms with E-state index in [2.05, 4.69) is 10.6 Å². The van der Waals surface area contributed by atoms with Crippen LogP contribution in [0.1, 0.15) is 20.3 Å². The summed E-state index contributed by atoms with van der Waals surface area (Å²) in [6, 6.07) is 0.0577. The van der Waals surface area contributed by atoms with E-state index in [0.29, 0.717) is 32.7 Å². The SMILES string of the molecule is CCN(CC)C(=O)CNC(=O)CC1COCCN1. The summed E-state index contributed by atoms with van der Waals surface area (Å²) in [7, 11) is 0. The number of ether oxygens (including phenoxy) is 1. The van der Waals surface area contributed by atoms with Crippen molar-refractivity contribution in [2.75, 3.05) is 39.4 Å². The molecule has 0 aromatic heterocycles. The summed E-state index contributed by atoms with van der Waals surface area (Å²) < 4.78 is 5.26. The molecule has 2 amide bonds. The number of amides is 2. The lowest BCUT2D eigenvalue weighted by atomic mass is 10.2. The van der Waals surface area contributed by atoms with Gasteiger partial charge in [-0.1, -0.05) is 0 Å². The van der Waals surface area contributed by atoms with E-state index in [1.165, 1.54) is 0 Å². The Morgan fingerprint density at radius 3 is 2.67 bits per heavy atom. The van der Waals surface area contributed by atoms with E-state index in [1.54, 1.807) is 4.90 Å². The molecule has 1 unspecified atom stereocenters. The topological polar surface area (TPSA) is 70.7 Å². The monoisotopic (exact) mass is 257 g/mol. The predicted octanol–water partition coefficient (Wildman–Crippen LogP) is -0.650. The number of carbonyl (C=O) groups is 2. The zero-order valence-electron chi connectivity index (χ0n) is 11.2. The molecule has 0 bridgehead atoms. The summed E-state index contributed by atoms with van der Waals surface area (Å²) in [5, 5.41) is 5.85. The molecule has 1 atom stereocenters. The predicted molar refractivity (Wildman–Crippen MR) is 68.2 cm³/mol. The summed E-state index contributed by atoms with van der Waals surface area (Å²) in [6.07, 6.45) is 0.353. The summed E-state index contributed by atoms with van der Waals surface area (Å²) in [5.74, 6) is -0.153. The Morgan fingerprint density at radius 2 is 2.11 bits per heavy atom. The van der Waals surface area contributed by atoms with Crippen molar-refractivity contribution in [3.63, 3.8) is 0 Å². The van der Waals surface area contributed by atoms with Gasteiger partial charge in [-0.05, 0) is 13.8 Å². The second-order valence-electron chi connectivity index (χ2n) is 4.27. The molecule has 0 saturated carbocycles. The van der Waals surface area contributed by atoms with Gasteiger partial charge in [-0.2, -0.15) is 0 Å². The zero-order valence-corrected chi connectivity index (χ0v) is 11.2. The van der Waals surface area contributed by atoms with Crippen molar-refractivity contribution in [2.24, 2.45) is 0 Å². The van der Waals surface area contributed by atoms with Gasteiger partial charge in [0.2, 0.25) is 11.8 Å². The molecule has 0 radical (unpaired) electrons. The van der Waals surface area contributed by atoms with Crippen LogP contribution in [0.25, 0.3) is 0 Å². The van der Waals surface area contributed by atoms with Crippen LogP contribution in [0.4, 0.5) is 0 Å². The highest BCUT2D eigenvalue weighted by Crippen LogP contribution is 1.98. The van der Waals surface area contributed by atoms with Crippen LogP contribution >= 0.6 is 0 Å². The average molecular weight is 257 g/mol. The molecule has 2 N–H and O–H groups in total. The third-order valence-electron chi connectivity index (χ3n) is 2.98. The molecule has 0 aliphatic carbocycles. The van der Waals surface area contributed by atoms with Gasteiger partial charge in [0.05, 0.1) is 19.8 Å². The third kappa shape index (κ3) is 5.01. The third-order valence-corrected chi connectivity index (χ3v) is 2.98. The molecule has 1 saturated heterocycles. The Kier molecular flexibility index (Phi) is 6.67. The lowest BCUT2D eigenvalue weighted by molar-refractivity contribution is -0.132. The molecule has 6 nitrogen and oxygen atoms in total. The van der Waals surface area contributed by atoms with Gasteiger partial charge in [0.1, 0.15) is 0 Å². The number of hydrogen-bond donors (Lipinski definition) is 2. The highest BCUT2D eigenvalue weighted by atomic mass is 16.5. The molecular formula is C12H23N3O3. The summed E-state index contributed by atoms with van der Waals surface area (Å²) in [4.78, 5) is 25.0. The first kappa shape index (κ1) is 14.9. The number of nitrogens with zero attached hydrogens (tertiary/aromatic N) is 1. The van der Waals surface area contributed by atoms with Crippen LogP contribution in [0.2, 0.25) is 0 Å². The number of nitrogens with one attached hydrogen (secondary N) is 2. The van der Waals surface area contributed by atoms with Crippen molar-refractivity contribution in [3.8, 4) is 0 Å². The summed E-state index contributed by atoms with van der Waals surface area (Å²) in [6.45, 7) is 7.28. The van der Waals surface area contributed by atoms with Gasteiger partial charge in [-0.15, -0.1) is 0 Å². The molecule has 0 spiro atoms. The fourth-order valence-corrected chi connectivity index (χ4v) is 1.91. The van der Waals surface area contributed by atoms with Crippen LogP contribution in [0, 0.1) is 0 Å². The largest absolute Gasteiger partial charge is 0.378 e. The van der Waals surface area contributed by atoms with Gasteiger partial charge in [0, 0.05) is 32.1 Å². The Balaban J connectivity index is 2.21. The number of likely N-dealkylation sites (N-methyl/N-ethyl adjacent to an activating group) is 1. The molecule has 1 rings (SSSR count). The Morgan fingerprint density at radius 1 is 1.39 bits per heavy atom. The number of hydrogen-bond acceptors (Lipinski definition) is 4. The van der Waals surface area contributed by atoms with E-state index >= 15 is 0 Å². The maximum Gasteiger partial charge on any atom is 0.241 e. The van der Waals surface area contributed by atoms with Crippen LogP contribution in [-0.2, 0) is 14.3 Å². The first-order valence-electron chi connectivity index (χ1n) is 6.53. The van der Waals surface area contributed by atoms with Gasteiger partial charge in [-0.3, -0.25) is 9.59 Å². The van der Waals surface area contributed by atoms with Crippen LogP contribution in [0.3, 0.4) is 0 Å².